The van der Waals surface area contributed by atoms with Gasteiger partial charge in [0.2, 0.25) is 0 Å². The number of ether oxygens (including phenoxy) is 1. The highest BCUT2D eigenvalue weighted by molar-refractivity contribution is 9.10. The minimum absolute atomic E-state index is 0.144. The number of phenols is 1. The monoisotopic (exact) mass is 499 g/mol. The third-order valence-corrected chi connectivity index (χ3v) is 5.96. The Bertz CT molecular complexity index is 1150. The van der Waals surface area contributed by atoms with Crippen LogP contribution in [0.4, 0.5) is 0 Å². The lowest BCUT2D eigenvalue weighted by Gasteiger charge is -2.30. The number of nitrogens with one attached hydrogen (secondary N) is 1. The summed E-state index contributed by atoms with van der Waals surface area (Å²) in [5, 5.41) is 16.7. The Morgan fingerprint density at radius 3 is 2.61 bits per heavy atom. The predicted molar refractivity (Wildman–Crippen MR) is 124 cm³/mol. The van der Waals surface area contributed by atoms with Crippen molar-refractivity contribution in [3.63, 3.8) is 0 Å². The number of halogens is 2. The van der Waals surface area contributed by atoms with Gasteiger partial charge in [0.15, 0.2) is 6.17 Å². The molecule has 0 saturated heterocycles. The molecule has 0 radical (unpaired) electrons. The van der Waals surface area contributed by atoms with Gasteiger partial charge in [0.05, 0.1) is 18.2 Å². The maximum Gasteiger partial charge on any atom is 0.337 e. The van der Waals surface area contributed by atoms with Crippen LogP contribution in [0.2, 0.25) is 5.02 Å². The molecule has 2 unspecified atom stereocenters. The van der Waals surface area contributed by atoms with Crippen LogP contribution in [-0.4, -0.2) is 18.2 Å². The van der Waals surface area contributed by atoms with E-state index in [0.29, 0.717) is 10.6 Å². The lowest BCUT2D eigenvalue weighted by Crippen LogP contribution is -2.89. The first-order valence-corrected chi connectivity index (χ1v) is 10.9. The first kappa shape index (κ1) is 21.4. The average Bonchev–Trinajstić information content (AvgIpc) is 2.80. The molecule has 4 N–H and O–H groups in total. The molecule has 31 heavy (non-hydrogen) atoms. The van der Waals surface area contributed by atoms with Gasteiger partial charge < -0.3 is 20.5 Å². The molecular weight excluding hydrogens is 480 g/mol. The number of hydrogen-bond donors (Lipinski definition) is 3. The Morgan fingerprint density at radius 1 is 1.13 bits per heavy atom. The number of hydrogen-bond acceptors (Lipinski definition) is 4. The maximum atomic E-state index is 11.8. The lowest BCUT2D eigenvalue weighted by atomic mass is 9.97. The first-order chi connectivity index (χ1) is 14.9. The molecule has 7 heteroatoms. The van der Waals surface area contributed by atoms with Crippen LogP contribution in [0.1, 0.15) is 39.3 Å². The van der Waals surface area contributed by atoms with Gasteiger partial charge in [-0.05, 0) is 48.0 Å². The predicted octanol–water partition coefficient (Wildman–Crippen LogP) is 4.54. The van der Waals surface area contributed by atoms with E-state index in [-0.39, 0.29) is 23.9 Å². The van der Waals surface area contributed by atoms with Gasteiger partial charge in [-0.25, -0.2) is 4.79 Å². The molecule has 0 aliphatic carbocycles. The minimum Gasteiger partial charge on any atom is -0.507 e. The number of aromatic hydroxyl groups is 1. The maximum absolute atomic E-state index is 11.8. The molecule has 158 valence electrons. The molecule has 3 aromatic rings. The van der Waals surface area contributed by atoms with E-state index in [1.54, 1.807) is 30.3 Å². The normalized spacial score (nSPS) is 18.1. The lowest BCUT2D eigenvalue weighted by molar-refractivity contribution is -0.731. The van der Waals surface area contributed by atoms with Crippen LogP contribution < -0.4 is 10.6 Å². The van der Waals surface area contributed by atoms with E-state index in [2.05, 4.69) is 32.6 Å². The molecule has 1 aliphatic rings. The van der Waals surface area contributed by atoms with Gasteiger partial charge >= 0.3 is 5.97 Å². The second kappa shape index (κ2) is 9.14. The van der Waals surface area contributed by atoms with Crippen molar-refractivity contribution in [2.45, 2.75) is 12.2 Å². The third-order valence-electron chi connectivity index (χ3n) is 5.23. The van der Waals surface area contributed by atoms with Crippen molar-refractivity contribution < 1.29 is 20.0 Å². The van der Waals surface area contributed by atoms with Crippen LogP contribution in [0.3, 0.4) is 0 Å². The highest BCUT2D eigenvalue weighted by Gasteiger charge is 2.29. The number of phenolic OH excluding ortho intramolecular Hbond substituents is 1. The summed E-state index contributed by atoms with van der Waals surface area (Å²) in [6.45, 7) is 0. The van der Waals surface area contributed by atoms with Crippen molar-refractivity contribution in [2.24, 2.45) is 0 Å². The smallest absolute Gasteiger partial charge is 0.337 e. The van der Waals surface area contributed by atoms with Crippen molar-refractivity contribution in [2.75, 3.05) is 7.11 Å². The second-order valence-electron chi connectivity index (χ2n) is 7.25. The minimum atomic E-state index is -0.372. The zero-order valence-corrected chi connectivity index (χ0v) is 19.0. The first-order valence-electron chi connectivity index (χ1n) is 9.70. The van der Waals surface area contributed by atoms with E-state index in [0.717, 1.165) is 26.9 Å². The highest BCUT2D eigenvalue weighted by Crippen LogP contribution is 2.31. The fourth-order valence-electron chi connectivity index (χ4n) is 3.67. The number of esters is 1. The van der Waals surface area contributed by atoms with Crippen molar-refractivity contribution in [1.82, 2.24) is 5.32 Å². The van der Waals surface area contributed by atoms with E-state index in [1.807, 2.05) is 36.4 Å². The molecule has 5 nitrogen and oxygen atoms in total. The van der Waals surface area contributed by atoms with Crippen molar-refractivity contribution in [1.29, 1.82) is 0 Å². The number of quaternary nitrogens is 1. The van der Waals surface area contributed by atoms with Crippen molar-refractivity contribution in [3.8, 4) is 5.75 Å². The summed E-state index contributed by atoms with van der Waals surface area (Å²) in [5.41, 5.74) is 4.17. The number of rotatable bonds is 4. The standard InChI is InChI=1S/C24H20BrClN2O3/c1-31-24(30)15-7-5-14(6-8-15)23-27-20(16-3-2-4-17(25)11-16)13-21(28-23)19-12-18(26)9-10-22(19)29/h2-13,21,23,27-29H,1H3/p+1. The van der Waals surface area contributed by atoms with Gasteiger partial charge in [0.1, 0.15) is 11.8 Å². The molecule has 1 heterocycles. The van der Waals surface area contributed by atoms with Crippen LogP contribution in [-0.2, 0) is 4.74 Å². The van der Waals surface area contributed by atoms with E-state index in [4.69, 9.17) is 16.3 Å². The SMILES string of the molecule is COC(=O)c1ccc(C2NC(c3cccc(Br)c3)=CC(c3cc(Cl)ccc3O)[NH2+]2)cc1. The van der Waals surface area contributed by atoms with Crippen LogP contribution in [0.25, 0.3) is 5.70 Å². The van der Waals surface area contributed by atoms with Crippen LogP contribution in [0, 0.1) is 0 Å². The highest BCUT2D eigenvalue weighted by atomic mass is 79.9. The van der Waals surface area contributed by atoms with E-state index >= 15 is 0 Å². The number of carbonyl (C=O) groups is 1. The largest absolute Gasteiger partial charge is 0.507 e. The quantitative estimate of drug-likeness (QED) is 0.460. The number of nitrogens with two attached hydrogens (primary N) is 1. The summed E-state index contributed by atoms with van der Waals surface area (Å²) in [6, 6.07) is 20.2. The molecular formula is C24H21BrClN2O3+. The Hall–Kier alpha value is -2.80. The van der Waals surface area contributed by atoms with Gasteiger partial charge in [-0.15, -0.1) is 0 Å². The van der Waals surface area contributed by atoms with Gasteiger partial charge in [-0.1, -0.05) is 51.8 Å². The summed E-state index contributed by atoms with van der Waals surface area (Å²) >= 11 is 9.75. The van der Waals surface area contributed by atoms with Crippen molar-refractivity contribution >= 4 is 39.2 Å². The molecule has 0 aromatic heterocycles. The molecule has 0 saturated carbocycles. The van der Waals surface area contributed by atoms with E-state index in [1.165, 1.54) is 7.11 Å². The third kappa shape index (κ3) is 4.77. The number of benzene rings is 3. The molecule has 0 fully saturated rings. The summed E-state index contributed by atoms with van der Waals surface area (Å²) in [7, 11) is 1.36. The van der Waals surface area contributed by atoms with Crippen LogP contribution in [0.5, 0.6) is 5.75 Å². The molecule has 2 atom stereocenters. The molecule has 0 amide bonds. The average molecular weight is 501 g/mol. The molecule has 4 rings (SSSR count). The van der Waals surface area contributed by atoms with Crippen LogP contribution in [0.15, 0.2) is 77.3 Å². The van der Waals surface area contributed by atoms with Gasteiger partial charge in [-0.3, -0.25) is 0 Å². The van der Waals surface area contributed by atoms with E-state index in [9.17, 15) is 9.90 Å². The topological polar surface area (TPSA) is 75.2 Å². The Morgan fingerprint density at radius 2 is 1.90 bits per heavy atom. The molecule has 0 spiro atoms. The Labute approximate surface area is 193 Å². The molecule has 0 bridgehead atoms. The summed E-state index contributed by atoms with van der Waals surface area (Å²) < 4.78 is 5.77. The fourth-order valence-corrected chi connectivity index (χ4v) is 4.25. The molecule has 3 aromatic carbocycles. The van der Waals surface area contributed by atoms with Crippen molar-refractivity contribution in [3.05, 3.63) is 105 Å². The van der Waals surface area contributed by atoms with Gasteiger partial charge in [0.25, 0.3) is 0 Å². The van der Waals surface area contributed by atoms with Crippen LogP contribution >= 0.6 is 27.5 Å². The van der Waals surface area contributed by atoms with E-state index < -0.39 is 0 Å². The second-order valence-corrected chi connectivity index (χ2v) is 8.60. The van der Waals surface area contributed by atoms with Gasteiger partial charge in [-0.2, -0.15) is 0 Å². The number of methoxy groups -OCH3 is 1. The number of carbonyl (C=O) groups excluding carboxylic acids is 1. The zero-order valence-electron chi connectivity index (χ0n) is 16.7. The Balaban J connectivity index is 1.73. The zero-order chi connectivity index (χ0) is 22.0. The van der Waals surface area contributed by atoms with Gasteiger partial charge in [0, 0.05) is 26.8 Å². The fraction of sp³-hybridized carbons (Fsp3) is 0.125. The Kier molecular flexibility index (Phi) is 6.32. The summed E-state index contributed by atoms with van der Waals surface area (Å²) in [4.78, 5) is 11.8. The summed E-state index contributed by atoms with van der Waals surface area (Å²) in [5.74, 6) is -0.180. The molecule has 1 aliphatic heterocycles. The summed E-state index contributed by atoms with van der Waals surface area (Å²) in [6.07, 6.45) is 1.93.